The number of hydrogen-bond acceptors (Lipinski definition) is 2. The van der Waals surface area contributed by atoms with Crippen molar-refractivity contribution in [3.05, 3.63) is 35.9 Å². The molecule has 1 N–H and O–H groups in total. The second-order valence-corrected chi connectivity index (χ2v) is 5.85. The largest absolute Gasteiger partial charge is 0.376 e. The van der Waals surface area contributed by atoms with Gasteiger partial charge in [-0.2, -0.15) is 0 Å². The summed E-state index contributed by atoms with van der Waals surface area (Å²) < 4.78 is 6.29. The van der Waals surface area contributed by atoms with Crippen LogP contribution in [0.25, 0.3) is 0 Å². The molecule has 0 aromatic heterocycles. The average Bonchev–Trinajstić information content (AvgIpc) is 2.52. The van der Waals surface area contributed by atoms with E-state index in [1.54, 1.807) is 0 Å². The Labute approximate surface area is 123 Å². The summed E-state index contributed by atoms with van der Waals surface area (Å²) in [6, 6.07) is 11.0. The van der Waals surface area contributed by atoms with Crippen LogP contribution in [0.5, 0.6) is 0 Å². The lowest BCUT2D eigenvalue weighted by Gasteiger charge is -2.32. The molecule has 3 unspecified atom stereocenters. The van der Waals surface area contributed by atoms with Crippen LogP contribution in [0.15, 0.2) is 30.3 Å². The molecule has 0 amide bonds. The van der Waals surface area contributed by atoms with Gasteiger partial charge in [0.25, 0.3) is 0 Å². The van der Waals surface area contributed by atoms with Crippen molar-refractivity contribution in [2.24, 2.45) is 5.92 Å². The SMILES string of the molecule is CCNC(COC1CCCCC1CC)c1ccccc1. The van der Waals surface area contributed by atoms with Crippen molar-refractivity contribution >= 4 is 0 Å². The zero-order valence-corrected chi connectivity index (χ0v) is 13.0. The fraction of sp³-hybridized carbons (Fsp3) is 0.667. The highest BCUT2D eigenvalue weighted by atomic mass is 16.5. The van der Waals surface area contributed by atoms with Gasteiger partial charge in [-0.15, -0.1) is 0 Å². The molecule has 2 nitrogen and oxygen atoms in total. The van der Waals surface area contributed by atoms with E-state index in [0.29, 0.717) is 12.1 Å². The zero-order valence-electron chi connectivity index (χ0n) is 13.0. The van der Waals surface area contributed by atoms with Gasteiger partial charge in [0.2, 0.25) is 0 Å². The monoisotopic (exact) mass is 275 g/mol. The van der Waals surface area contributed by atoms with Crippen molar-refractivity contribution in [2.75, 3.05) is 13.2 Å². The molecular weight excluding hydrogens is 246 g/mol. The number of hydrogen-bond donors (Lipinski definition) is 1. The predicted molar refractivity (Wildman–Crippen MR) is 84.8 cm³/mol. The normalized spacial score (nSPS) is 24.5. The highest BCUT2D eigenvalue weighted by Gasteiger charge is 2.25. The molecule has 112 valence electrons. The first kappa shape index (κ1) is 15.5. The summed E-state index contributed by atoms with van der Waals surface area (Å²) in [6.07, 6.45) is 7.02. The van der Waals surface area contributed by atoms with Gasteiger partial charge in [0, 0.05) is 0 Å². The van der Waals surface area contributed by atoms with Gasteiger partial charge in [-0.05, 0) is 30.9 Å². The molecule has 0 spiro atoms. The maximum absolute atomic E-state index is 6.29. The first-order valence-corrected chi connectivity index (χ1v) is 8.25. The van der Waals surface area contributed by atoms with E-state index in [4.69, 9.17) is 4.74 Å². The van der Waals surface area contributed by atoms with Gasteiger partial charge in [0.05, 0.1) is 18.8 Å². The van der Waals surface area contributed by atoms with E-state index in [1.165, 1.54) is 37.7 Å². The summed E-state index contributed by atoms with van der Waals surface area (Å²) in [7, 11) is 0. The fourth-order valence-electron chi connectivity index (χ4n) is 3.28. The standard InChI is InChI=1S/C18H29NO/c1-3-15-10-8-9-13-18(15)20-14-17(19-4-2)16-11-6-5-7-12-16/h5-7,11-12,15,17-19H,3-4,8-10,13-14H2,1-2H3. The van der Waals surface area contributed by atoms with Crippen LogP contribution in [0.2, 0.25) is 0 Å². The van der Waals surface area contributed by atoms with Gasteiger partial charge in [0.15, 0.2) is 0 Å². The topological polar surface area (TPSA) is 21.3 Å². The smallest absolute Gasteiger partial charge is 0.0665 e. The van der Waals surface area contributed by atoms with Gasteiger partial charge in [-0.1, -0.05) is 63.4 Å². The van der Waals surface area contributed by atoms with Crippen LogP contribution < -0.4 is 5.32 Å². The highest BCUT2D eigenvalue weighted by molar-refractivity contribution is 5.18. The third-order valence-electron chi connectivity index (χ3n) is 4.49. The van der Waals surface area contributed by atoms with Crippen molar-refractivity contribution in [2.45, 2.75) is 58.1 Å². The second kappa shape index (κ2) is 8.43. The number of likely N-dealkylation sites (N-methyl/N-ethyl adjacent to an activating group) is 1. The summed E-state index contributed by atoms with van der Waals surface area (Å²) in [5.74, 6) is 0.766. The molecule has 1 fully saturated rings. The summed E-state index contributed by atoms with van der Waals surface area (Å²) in [6.45, 7) is 6.22. The van der Waals surface area contributed by atoms with E-state index in [1.807, 2.05) is 0 Å². The van der Waals surface area contributed by atoms with Crippen molar-refractivity contribution in [1.29, 1.82) is 0 Å². The number of nitrogens with one attached hydrogen (secondary N) is 1. The van der Waals surface area contributed by atoms with Crippen LogP contribution in [0.4, 0.5) is 0 Å². The lowest BCUT2D eigenvalue weighted by molar-refractivity contribution is -0.0216. The Morgan fingerprint density at radius 1 is 1.15 bits per heavy atom. The quantitative estimate of drug-likeness (QED) is 0.800. The molecule has 2 heteroatoms. The Morgan fingerprint density at radius 3 is 2.60 bits per heavy atom. The van der Waals surface area contributed by atoms with Gasteiger partial charge >= 0.3 is 0 Å². The summed E-state index contributed by atoms with van der Waals surface area (Å²) in [5, 5.41) is 3.55. The minimum Gasteiger partial charge on any atom is -0.376 e. The Kier molecular flexibility index (Phi) is 6.55. The van der Waals surface area contributed by atoms with Crippen LogP contribution in [0.1, 0.15) is 57.6 Å². The summed E-state index contributed by atoms with van der Waals surface area (Å²) in [5.41, 5.74) is 1.33. The molecular formula is C18H29NO. The lowest BCUT2D eigenvalue weighted by Crippen LogP contribution is -2.32. The first-order valence-electron chi connectivity index (χ1n) is 8.25. The Bertz CT molecular complexity index is 365. The maximum Gasteiger partial charge on any atom is 0.0665 e. The Hall–Kier alpha value is -0.860. The van der Waals surface area contributed by atoms with Crippen LogP contribution in [-0.2, 0) is 4.74 Å². The zero-order chi connectivity index (χ0) is 14.2. The van der Waals surface area contributed by atoms with Crippen LogP contribution >= 0.6 is 0 Å². The molecule has 1 aromatic rings. The number of benzene rings is 1. The lowest BCUT2D eigenvalue weighted by atomic mass is 9.85. The summed E-state index contributed by atoms with van der Waals surface area (Å²) >= 11 is 0. The van der Waals surface area contributed by atoms with Gasteiger partial charge < -0.3 is 10.1 Å². The van der Waals surface area contributed by atoms with E-state index in [2.05, 4.69) is 49.5 Å². The van der Waals surface area contributed by atoms with Crippen LogP contribution in [0, 0.1) is 5.92 Å². The van der Waals surface area contributed by atoms with E-state index in [-0.39, 0.29) is 0 Å². The second-order valence-electron chi connectivity index (χ2n) is 5.85. The molecule has 1 aromatic carbocycles. The molecule has 20 heavy (non-hydrogen) atoms. The van der Waals surface area contributed by atoms with E-state index in [0.717, 1.165) is 19.1 Å². The minimum absolute atomic E-state index is 0.320. The molecule has 1 aliphatic carbocycles. The van der Waals surface area contributed by atoms with Crippen molar-refractivity contribution in [3.8, 4) is 0 Å². The van der Waals surface area contributed by atoms with Gasteiger partial charge in [-0.25, -0.2) is 0 Å². The molecule has 0 radical (unpaired) electrons. The molecule has 0 aliphatic heterocycles. The molecule has 3 atom stereocenters. The minimum atomic E-state index is 0.320. The van der Waals surface area contributed by atoms with Gasteiger partial charge in [0.1, 0.15) is 0 Å². The van der Waals surface area contributed by atoms with Crippen LogP contribution in [-0.4, -0.2) is 19.3 Å². The third-order valence-corrected chi connectivity index (χ3v) is 4.49. The van der Waals surface area contributed by atoms with Crippen molar-refractivity contribution < 1.29 is 4.74 Å². The van der Waals surface area contributed by atoms with Crippen molar-refractivity contribution in [3.63, 3.8) is 0 Å². The molecule has 0 bridgehead atoms. The molecule has 1 saturated carbocycles. The molecule has 0 saturated heterocycles. The number of ether oxygens (including phenoxy) is 1. The summed E-state index contributed by atoms with van der Waals surface area (Å²) in [4.78, 5) is 0. The van der Waals surface area contributed by atoms with E-state index in [9.17, 15) is 0 Å². The van der Waals surface area contributed by atoms with E-state index >= 15 is 0 Å². The number of rotatable bonds is 7. The fourth-order valence-corrected chi connectivity index (χ4v) is 3.28. The maximum atomic E-state index is 6.29. The van der Waals surface area contributed by atoms with E-state index < -0.39 is 0 Å². The first-order chi connectivity index (χ1) is 9.85. The Morgan fingerprint density at radius 2 is 1.90 bits per heavy atom. The Balaban J connectivity index is 1.91. The van der Waals surface area contributed by atoms with Gasteiger partial charge in [-0.3, -0.25) is 0 Å². The predicted octanol–water partition coefficient (Wildman–Crippen LogP) is 4.32. The molecule has 2 rings (SSSR count). The highest BCUT2D eigenvalue weighted by Crippen LogP contribution is 2.30. The van der Waals surface area contributed by atoms with Crippen molar-refractivity contribution in [1.82, 2.24) is 5.32 Å². The molecule has 0 heterocycles. The average molecular weight is 275 g/mol. The van der Waals surface area contributed by atoms with Crippen LogP contribution in [0.3, 0.4) is 0 Å². The molecule has 1 aliphatic rings. The third kappa shape index (κ3) is 4.32.